The third kappa shape index (κ3) is 1.91. The molecule has 1 saturated heterocycles. The number of rotatable bonds is 2. The molecule has 0 saturated carbocycles. The van der Waals surface area contributed by atoms with Crippen molar-refractivity contribution in [2.75, 3.05) is 26.9 Å². The highest BCUT2D eigenvalue weighted by atomic mass is 19.1. The van der Waals surface area contributed by atoms with Gasteiger partial charge in [-0.3, -0.25) is 4.90 Å². The Balaban J connectivity index is 2.05. The quantitative estimate of drug-likeness (QED) is 0.844. The lowest BCUT2D eigenvalue weighted by Crippen LogP contribution is -2.21. The number of phenols is 1. The van der Waals surface area contributed by atoms with Gasteiger partial charge in [0.05, 0.1) is 5.56 Å². The first-order valence-electron chi connectivity index (χ1n) is 6.33. The lowest BCUT2D eigenvalue weighted by atomic mass is 9.97. The predicted octanol–water partition coefficient (Wildman–Crippen LogP) is 1.21. The minimum atomic E-state index is -0.677. The number of nitrogens with zero attached hydrogens (tertiary/aromatic N) is 1. The van der Waals surface area contributed by atoms with E-state index >= 15 is 0 Å². The van der Waals surface area contributed by atoms with Gasteiger partial charge in [0.25, 0.3) is 0 Å². The fraction of sp³-hybridized carbons (Fsp3) is 0.538. The van der Waals surface area contributed by atoms with Gasteiger partial charge in [-0.05, 0) is 25.9 Å². The van der Waals surface area contributed by atoms with E-state index in [2.05, 4.69) is 4.90 Å². The Labute approximate surface area is 110 Å². The molecular weight excluding hydrogens is 251 g/mol. The van der Waals surface area contributed by atoms with Crippen molar-refractivity contribution in [3.63, 3.8) is 0 Å². The summed E-state index contributed by atoms with van der Waals surface area (Å²) in [6.07, 6.45) is 0.778. The standard InChI is InChI=1S/C13H17FN2O3/c1-16-5-7(4-15)2-9(16)11-12(17)8(14)3-10-13(11)19-6-18-10/h3,7,9,17H,2,4-6,15H2,1H3. The molecule has 1 fully saturated rings. The van der Waals surface area contributed by atoms with Gasteiger partial charge in [-0.25, -0.2) is 4.39 Å². The molecule has 0 radical (unpaired) electrons. The molecule has 104 valence electrons. The van der Waals surface area contributed by atoms with Crippen molar-refractivity contribution in [2.45, 2.75) is 12.5 Å². The van der Waals surface area contributed by atoms with Crippen LogP contribution < -0.4 is 15.2 Å². The summed E-state index contributed by atoms with van der Waals surface area (Å²) >= 11 is 0. The van der Waals surface area contributed by atoms with Crippen LogP contribution in [0, 0.1) is 11.7 Å². The molecule has 2 heterocycles. The predicted molar refractivity (Wildman–Crippen MR) is 66.7 cm³/mol. The number of hydrogen-bond acceptors (Lipinski definition) is 5. The number of hydrogen-bond donors (Lipinski definition) is 2. The van der Waals surface area contributed by atoms with E-state index < -0.39 is 5.82 Å². The minimum Gasteiger partial charge on any atom is -0.504 e. The number of likely N-dealkylation sites (tertiary alicyclic amines) is 1. The minimum absolute atomic E-state index is 0.0575. The summed E-state index contributed by atoms with van der Waals surface area (Å²) in [5.41, 5.74) is 6.18. The van der Waals surface area contributed by atoms with Gasteiger partial charge >= 0.3 is 0 Å². The van der Waals surface area contributed by atoms with Gasteiger partial charge in [0, 0.05) is 18.7 Å². The second kappa shape index (κ2) is 4.54. The van der Waals surface area contributed by atoms with E-state index in [0.29, 0.717) is 29.5 Å². The lowest BCUT2D eigenvalue weighted by molar-refractivity contribution is 0.171. The van der Waals surface area contributed by atoms with Crippen LogP contribution in [0.25, 0.3) is 0 Å². The lowest BCUT2D eigenvalue weighted by Gasteiger charge is -2.22. The van der Waals surface area contributed by atoms with E-state index in [1.54, 1.807) is 0 Å². The van der Waals surface area contributed by atoms with Crippen LogP contribution in [0.5, 0.6) is 17.2 Å². The molecule has 0 bridgehead atoms. The van der Waals surface area contributed by atoms with Crippen LogP contribution in [0.4, 0.5) is 4.39 Å². The Morgan fingerprint density at radius 3 is 3.00 bits per heavy atom. The van der Waals surface area contributed by atoms with E-state index in [4.69, 9.17) is 15.2 Å². The van der Waals surface area contributed by atoms with Gasteiger partial charge < -0.3 is 20.3 Å². The van der Waals surface area contributed by atoms with Crippen LogP contribution in [-0.4, -0.2) is 36.9 Å². The molecule has 0 aromatic heterocycles. The Bertz CT molecular complexity index is 509. The number of fused-ring (bicyclic) bond motifs is 1. The fourth-order valence-electron chi connectivity index (χ4n) is 2.95. The van der Waals surface area contributed by atoms with Crippen molar-refractivity contribution >= 4 is 0 Å². The third-order valence-electron chi connectivity index (χ3n) is 3.93. The molecule has 2 unspecified atom stereocenters. The molecule has 6 heteroatoms. The third-order valence-corrected chi connectivity index (χ3v) is 3.93. The smallest absolute Gasteiger partial charge is 0.231 e. The molecule has 1 aromatic rings. The summed E-state index contributed by atoms with van der Waals surface area (Å²) in [5, 5.41) is 10.0. The number of halogens is 1. The summed E-state index contributed by atoms with van der Waals surface area (Å²) < 4.78 is 24.4. The van der Waals surface area contributed by atoms with Crippen LogP contribution in [0.2, 0.25) is 0 Å². The first kappa shape index (κ1) is 12.5. The summed E-state index contributed by atoms with van der Waals surface area (Å²) in [7, 11) is 1.94. The molecule has 5 nitrogen and oxygen atoms in total. The molecule has 2 atom stereocenters. The van der Waals surface area contributed by atoms with Crippen LogP contribution in [0.1, 0.15) is 18.0 Å². The molecule has 2 aliphatic heterocycles. The van der Waals surface area contributed by atoms with Crippen LogP contribution in [0.3, 0.4) is 0 Å². The van der Waals surface area contributed by atoms with Crippen LogP contribution >= 0.6 is 0 Å². The van der Waals surface area contributed by atoms with Gasteiger partial charge in [0.1, 0.15) is 0 Å². The second-order valence-corrected chi connectivity index (χ2v) is 5.15. The van der Waals surface area contributed by atoms with Crippen molar-refractivity contribution in [1.82, 2.24) is 4.90 Å². The average Bonchev–Trinajstić information content (AvgIpc) is 2.97. The number of nitrogens with two attached hydrogens (primary N) is 1. The van der Waals surface area contributed by atoms with E-state index in [9.17, 15) is 9.50 Å². The Morgan fingerprint density at radius 2 is 2.32 bits per heavy atom. The summed E-state index contributed by atoms with van der Waals surface area (Å²) in [6.45, 7) is 1.46. The molecule has 0 aliphatic carbocycles. The number of aromatic hydroxyl groups is 1. The van der Waals surface area contributed by atoms with Gasteiger partial charge in [0.15, 0.2) is 23.1 Å². The summed E-state index contributed by atoms with van der Waals surface area (Å²) in [5.74, 6) is 0.126. The van der Waals surface area contributed by atoms with Crippen molar-refractivity contribution in [2.24, 2.45) is 11.7 Å². The highest BCUT2D eigenvalue weighted by Gasteiger charge is 2.37. The maximum Gasteiger partial charge on any atom is 0.231 e. The van der Waals surface area contributed by atoms with Gasteiger partial charge in [-0.2, -0.15) is 0 Å². The average molecular weight is 268 g/mol. The zero-order valence-corrected chi connectivity index (χ0v) is 10.7. The SMILES string of the molecule is CN1CC(CN)CC1c1c(O)c(F)cc2c1OCO2. The second-order valence-electron chi connectivity index (χ2n) is 5.15. The van der Waals surface area contributed by atoms with Gasteiger partial charge in [-0.15, -0.1) is 0 Å². The van der Waals surface area contributed by atoms with Crippen LogP contribution in [0.15, 0.2) is 6.07 Å². The first-order chi connectivity index (χ1) is 9.11. The Hall–Kier alpha value is -1.53. The Kier molecular flexibility index (Phi) is 2.99. The molecule has 0 amide bonds. The van der Waals surface area contributed by atoms with E-state index in [1.165, 1.54) is 0 Å². The molecular formula is C13H17FN2O3. The van der Waals surface area contributed by atoms with E-state index in [1.807, 2.05) is 7.05 Å². The molecule has 2 aliphatic rings. The first-order valence-corrected chi connectivity index (χ1v) is 6.33. The number of benzene rings is 1. The van der Waals surface area contributed by atoms with E-state index in [0.717, 1.165) is 19.0 Å². The largest absolute Gasteiger partial charge is 0.504 e. The highest BCUT2D eigenvalue weighted by Crippen LogP contribution is 2.49. The van der Waals surface area contributed by atoms with Crippen molar-refractivity contribution in [3.05, 3.63) is 17.4 Å². The Morgan fingerprint density at radius 1 is 1.53 bits per heavy atom. The molecule has 3 rings (SSSR count). The monoisotopic (exact) mass is 268 g/mol. The zero-order chi connectivity index (χ0) is 13.6. The van der Waals surface area contributed by atoms with Gasteiger partial charge in [0.2, 0.25) is 6.79 Å². The molecule has 1 aromatic carbocycles. The summed E-state index contributed by atoms with van der Waals surface area (Å²) in [4.78, 5) is 2.06. The molecule has 3 N–H and O–H groups in total. The maximum atomic E-state index is 13.8. The van der Waals surface area contributed by atoms with Crippen molar-refractivity contribution in [3.8, 4) is 17.2 Å². The summed E-state index contributed by atoms with van der Waals surface area (Å²) in [6, 6.07) is 1.07. The molecule has 19 heavy (non-hydrogen) atoms. The van der Waals surface area contributed by atoms with E-state index in [-0.39, 0.29) is 18.6 Å². The van der Waals surface area contributed by atoms with Crippen molar-refractivity contribution < 1.29 is 19.0 Å². The topological polar surface area (TPSA) is 68.0 Å². The van der Waals surface area contributed by atoms with Gasteiger partial charge in [-0.1, -0.05) is 0 Å². The fourth-order valence-corrected chi connectivity index (χ4v) is 2.95. The zero-order valence-electron chi connectivity index (χ0n) is 10.7. The number of ether oxygens (including phenoxy) is 2. The number of phenolic OH excluding ortho intramolecular Hbond substituents is 1. The van der Waals surface area contributed by atoms with Crippen LogP contribution in [-0.2, 0) is 0 Å². The van der Waals surface area contributed by atoms with Crippen molar-refractivity contribution in [1.29, 1.82) is 0 Å². The molecule has 0 spiro atoms. The maximum absolute atomic E-state index is 13.8. The highest BCUT2D eigenvalue weighted by molar-refractivity contribution is 5.57. The normalized spacial score (nSPS) is 26.1.